The normalized spacial score (nSPS) is 14.4. The van der Waals surface area contributed by atoms with Gasteiger partial charge in [0.1, 0.15) is 0 Å². The monoisotopic (exact) mass is 236 g/mol. The first-order valence-electron chi connectivity index (χ1n) is 6.43. The Labute approximate surface area is 104 Å². The van der Waals surface area contributed by atoms with Crippen LogP contribution in [0, 0.1) is 5.92 Å². The molecule has 0 aromatic carbocycles. The summed E-state index contributed by atoms with van der Waals surface area (Å²) >= 11 is 0. The Kier molecular flexibility index (Phi) is 5.42. The molecule has 1 aromatic heterocycles. The fourth-order valence-electron chi connectivity index (χ4n) is 1.73. The molecule has 2 atom stereocenters. The van der Waals surface area contributed by atoms with E-state index in [0.29, 0.717) is 12.3 Å². The van der Waals surface area contributed by atoms with E-state index in [1.54, 1.807) is 0 Å². The molecule has 0 amide bonds. The highest BCUT2D eigenvalue weighted by Crippen LogP contribution is 2.18. The average Bonchev–Trinajstić information content (AvgIpc) is 2.37. The number of aliphatic hydroxyl groups excluding tert-OH is 1. The Balaban J connectivity index is 2.66. The van der Waals surface area contributed by atoms with Gasteiger partial charge in [-0.15, -0.1) is 0 Å². The highest BCUT2D eigenvalue weighted by Gasteiger charge is 2.09. The number of rotatable bonds is 6. The third kappa shape index (κ3) is 4.00. The summed E-state index contributed by atoms with van der Waals surface area (Å²) in [6, 6.07) is 3.94. The predicted octanol–water partition coefficient (Wildman–Crippen LogP) is 3.01. The van der Waals surface area contributed by atoms with Crippen LogP contribution in [0.15, 0.2) is 18.3 Å². The lowest BCUT2D eigenvalue weighted by Crippen LogP contribution is -2.23. The molecule has 1 unspecified atom stereocenters. The number of aliphatic hydroxyl groups is 1. The quantitative estimate of drug-likeness (QED) is 0.825. The molecular formula is C14H24N2O. The first-order valence-corrected chi connectivity index (χ1v) is 6.43. The molecule has 0 radical (unpaired) electrons. The minimum atomic E-state index is -0.441. The lowest BCUT2D eigenvalue weighted by atomic mass is 10.1. The molecule has 0 saturated heterocycles. The molecule has 1 heterocycles. The van der Waals surface area contributed by atoms with Crippen molar-refractivity contribution >= 4 is 5.69 Å². The zero-order chi connectivity index (χ0) is 12.8. The van der Waals surface area contributed by atoms with Gasteiger partial charge in [-0.05, 0) is 24.5 Å². The summed E-state index contributed by atoms with van der Waals surface area (Å²) in [5.41, 5.74) is 1.87. The molecule has 1 aromatic rings. The third-order valence-corrected chi connectivity index (χ3v) is 3.22. The van der Waals surface area contributed by atoms with E-state index < -0.39 is 6.10 Å². The second kappa shape index (κ2) is 6.60. The van der Waals surface area contributed by atoms with Gasteiger partial charge in [-0.3, -0.25) is 4.98 Å². The molecule has 0 bridgehead atoms. The van der Waals surface area contributed by atoms with Crippen molar-refractivity contribution in [3.63, 3.8) is 0 Å². The van der Waals surface area contributed by atoms with Crippen LogP contribution in [-0.2, 0) is 0 Å². The molecule has 17 heavy (non-hydrogen) atoms. The smallest absolute Gasteiger partial charge is 0.0957 e. The standard InChI is InChI=1S/C14H24N2O/c1-5-11(3)10-16(4)12-7-8-13(15-9-12)14(17)6-2/h7-9,11,14,17H,5-6,10H2,1-4H3/t11?,14-/m0/s1. The van der Waals surface area contributed by atoms with Gasteiger partial charge >= 0.3 is 0 Å². The van der Waals surface area contributed by atoms with Crippen LogP contribution in [0.3, 0.4) is 0 Å². The summed E-state index contributed by atoms with van der Waals surface area (Å²) in [6.07, 6.45) is 3.29. The fraction of sp³-hybridized carbons (Fsp3) is 0.643. The fourth-order valence-corrected chi connectivity index (χ4v) is 1.73. The van der Waals surface area contributed by atoms with Crippen molar-refractivity contribution in [1.29, 1.82) is 0 Å². The second-order valence-corrected chi connectivity index (χ2v) is 4.76. The summed E-state index contributed by atoms with van der Waals surface area (Å²) in [4.78, 5) is 6.52. The maximum atomic E-state index is 9.67. The van der Waals surface area contributed by atoms with Gasteiger partial charge in [0.2, 0.25) is 0 Å². The van der Waals surface area contributed by atoms with E-state index in [2.05, 4.69) is 30.8 Å². The van der Waals surface area contributed by atoms with Crippen LogP contribution in [0.2, 0.25) is 0 Å². The summed E-state index contributed by atoms with van der Waals surface area (Å²) in [6.45, 7) is 7.44. The molecule has 96 valence electrons. The van der Waals surface area contributed by atoms with E-state index in [0.717, 1.165) is 17.9 Å². The number of pyridine rings is 1. The second-order valence-electron chi connectivity index (χ2n) is 4.76. The molecule has 0 aliphatic heterocycles. The van der Waals surface area contributed by atoms with Crippen molar-refractivity contribution in [3.8, 4) is 0 Å². The first-order chi connectivity index (χ1) is 8.08. The van der Waals surface area contributed by atoms with E-state index in [1.807, 2.05) is 25.3 Å². The van der Waals surface area contributed by atoms with Gasteiger partial charge in [0.05, 0.1) is 23.7 Å². The third-order valence-electron chi connectivity index (χ3n) is 3.22. The summed E-state index contributed by atoms with van der Waals surface area (Å²) in [5.74, 6) is 0.681. The minimum Gasteiger partial charge on any atom is -0.387 e. The lowest BCUT2D eigenvalue weighted by molar-refractivity contribution is 0.169. The van der Waals surface area contributed by atoms with Crippen molar-refractivity contribution in [1.82, 2.24) is 4.98 Å². The largest absolute Gasteiger partial charge is 0.387 e. The average molecular weight is 236 g/mol. The Morgan fingerprint density at radius 2 is 2.00 bits per heavy atom. The molecule has 0 fully saturated rings. The predicted molar refractivity (Wildman–Crippen MR) is 72.2 cm³/mol. The maximum Gasteiger partial charge on any atom is 0.0957 e. The summed E-state index contributed by atoms with van der Waals surface area (Å²) < 4.78 is 0. The highest BCUT2D eigenvalue weighted by molar-refractivity contribution is 5.43. The Hall–Kier alpha value is -1.09. The molecule has 1 N–H and O–H groups in total. The molecule has 0 saturated carbocycles. The van der Waals surface area contributed by atoms with Gasteiger partial charge in [-0.1, -0.05) is 27.2 Å². The van der Waals surface area contributed by atoms with E-state index in [9.17, 15) is 5.11 Å². The van der Waals surface area contributed by atoms with Gasteiger partial charge in [-0.25, -0.2) is 0 Å². The number of nitrogens with zero attached hydrogens (tertiary/aromatic N) is 2. The summed E-state index contributed by atoms with van der Waals surface area (Å²) in [5, 5.41) is 9.67. The van der Waals surface area contributed by atoms with Crippen molar-refractivity contribution in [3.05, 3.63) is 24.0 Å². The molecule has 0 aliphatic rings. The van der Waals surface area contributed by atoms with Crippen LogP contribution in [0.5, 0.6) is 0 Å². The van der Waals surface area contributed by atoms with E-state index in [-0.39, 0.29) is 0 Å². The molecule has 3 heteroatoms. The molecule has 0 aliphatic carbocycles. The highest BCUT2D eigenvalue weighted by atomic mass is 16.3. The van der Waals surface area contributed by atoms with Gasteiger partial charge < -0.3 is 10.0 Å². The zero-order valence-corrected chi connectivity index (χ0v) is 11.3. The van der Waals surface area contributed by atoms with Gasteiger partial charge in [0.15, 0.2) is 0 Å². The van der Waals surface area contributed by atoms with Crippen molar-refractivity contribution in [2.75, 3.05) is 18.5 Å². The van der Waals surface area contributed by atoms with Gasteiger partial charge in [0.25, 0.3) is 0 Å². The van der Waals surface area contributed by atoms with Crippen LogP contribution in [0.25, 0.3) is 0 Å². The minimum absolute atomic E-state index is 0.441. The molecule has 1 rings (SSSR count). The molecule has 3 nitrogen and oxygen atoms in total. The van der Waals surface area contributed by atoms with Crippen molar-refractivity contribution < 1.29 is 5.11 Å². The molecule has 0 spiro atoms. The van der Waals surface area contributed by atoms with E-state index in [1.165, 1.54) is 6.42 Å². The van der Waals surface area contributed by atoms with Crippen LogP contribution >= 0.6 is 0 Å². The van der Waals surface area contributed by atoms with Crippen LogP contribution in [-0.4, -0.2) is 23.7 Å². The lowest BCUT2D eigenvalue weighted by Gasteiger charge is -2.22. The van der Waals surface area contributed by atoms with E-state index in [4.69, 9.17) is 0 Å². The van der Waals surface area contributed by atoms with Gasteiger partial charge in [-0.2, -0.15) is 0 Å². The van der Waals surface area contributed by atoms with E-state index >= 15 is 0 Å². The summed E-state index contributed by atoms with van der Waals surface area (Å²) in [7, 11) is 2.08. The number of hydrogen-bond acceptors (Lipinski definition) is 3. The number of hydrogen-bond donors (Lipinski definition) is 1. The van der Waals surface area contributed by atoms with Crippen LogP contribution < -0.4 is 4.90 Å². The maximum absolute atomic E-state index is 9.67. The van der Waals surface area contributed by atoms with Crippen LogP contribution in [0.1, 0.15) is 45.4 Å². The number of aromatic nitrogens is 1. The van der Waals surface area contributed by atoms with Gasteiger partial charge in [0, 0.05) is 13.6 Å². The first kappa shape index (κ1) is 14.0. The SMILES string of the molecule is CCC(C)CN(C)c1ccc([C@@H](O)CC)nc1. The Morgan fingerprint density at radius 1 is 1.29 bits per heavy atom. The Morgan fingerprint density at radius 3 is 2.47 bits per heavy atom. The zero-order valence-electron chi connectivity index (χ0n) is 11.3. The number of anilines is 1. The van der Waals surface area contributed by atoms with Crippen LogP contribution in [0.4, 0.5) is 5.69 Å². The topological polar surface area (TPSA) is 36.4 Å². The van der Waals surface area contributed by atoms with Crippen molar-refractivity contribution in [2.24, 2.45) is 5.92 Å². The molecular weight excluding hydrogens is 212 g/mol. The Bertz CT molecular complexity index is 323. The van der Waals surface area contributed by atoms with Crippen molar-refractivity contribution in [2.45, 2.75) is 39.7 Å².